The third-order valence-corrected chi connectivity index (χ3v) is 13.5. The van der Waals surface area contributed by atoms with Crippen molar-refractivity contribution in [2.24, 2.45) is 0 Å². The van der Waals surface area contributed by atoms with Crippen molar-refractivity contribution >= 4 is 5.97 Å². The van der Waals surface area contributed by atoms with E-state index in [1.165, 1.54) is 231 Å². The number of unbranched alkanes of at least 4 members (excludes halogenated alkanes) is 39. The molecule has 1 rings (SSSR count). The molecule has 0 aromatic carbocycles. The molecular formula is C55H108O9. The van der Waals surface area contributed by atoms with Crippen LogP contribution in [0, 0.1) is 0 Å². The number of rotatable bonds is 50. The van der Waals surface area contributed by atoms with Crippen molar-refractivity contribution in [3.63, 3.8) is 0 Å². The van der Waals surface area contributed by atoms with Crippen LogP contribution in [0.4, 0.5) is 0 Å². The summed E-state index contributed by atoms with van der Waals surface area (Å²) in [4.78, 5) is 12.9. The average molecular weight is 913 g/mol. The van der Waals surface area contributed by atoms with Gasteiger partial charge in [-0.1, -0.05) is 264 Å². The van der Waals surface area contributed by atoms with Gasteiger partial charge in [-0.2, -0.15) is 0 Å². The lowest BCUT2D eigenvalue weighted by atomic mass is 9.99. The van der Waals surface area contributed by atoms with E-state index in [0.717, 1.165) is 32.1 Å². The molecule has 0 aliphatic carbocycles. The Balaban J connectivity index is 2.13. The fourth-order valence-electron chi connectivity index (χ4n) is 9.14. The van der Waals surface area contributed by atoms with E-state index in [4.69, 9.17) is 18.9 Å². The lowest BCUT2D eigenvalue weighted by Crippen LogP contribution is -2.59. The van der Waals surface area contributed by atoms with Gasteiger partial charge in [0.1, 0.15) is 30.5 Å². The van der Waals surface area contributed by atoms with E-state index in [-0.39, 0.29) is 19.2 Å². The van der Waals surface area contributed by atoms with Crippen LogP contribution in [0.25, 0.3) is 0 Å². The fraction of sp³-hybridized carbons (Fsp3) is 0.982. The predicted molar refractivity (Wildman–Crippen MR) is 266 cm³/mol. The Morgan fingerprint density at radius 2 is 0.766 bits per heavy atom. The Labute approximate surface area is 395 Å². The number of hydrogen-bond donors (Lipinski definition) is 4. The van der Waals surface area contributed by atoms with Gasteiger partial charge in [-0.3, -0.25) is 4.79 Å². The molecule has 64 heavy (non-hydrogen) atoms. The Morgan fingerprint density at radius 3 is 1.11 bits per heavy atom. The van der Waals surface area contributed by atoms with Gasteiger partial charge in [0, 0.05) is 13.0 Å². The van der Waals surface area contributed by atoms with Crippen LogP contribution in [-0.2, 0) is 23.7 Å². The van der Waals surface area contributed by atoms with E-state index in [2.05, 4.69) is 13.8 Å². The minimum atomic E-state index is -1.53. The van der Waals surface area contributed by atoms with Crippen molar-refractivity contribution in [3.8, 4) is 0 Å². The van der Waals surface area contributed by atoms with E-state index < -0.39 is 43.4 Å². The monoisotopic (exact) mass is 913 g/mol. The van der Waals surface area contributed by atoms with Gasteiger partial charge in [0.2, 0.25) is 0 Å². The summed E-state index contributed by atoms with van der Waals surface area (Å²) >= 11 is 0. The van der Waals surface area contributed by atoms with Gasteiger partial charge in [0.15, 0.2) is 6.29 Å². The topological polar surface area (TPSA) is 135 Å². The molecule has 9 heteroatoms. The minimum absolute atomic E-state index is 0.104. The lowest BCUT2D eigenvalue weighted by molar-refractivity contribution is -0.305. The zero-order valence-electron chi connectivity index (χ0n) is 42.3. The predicted octanol–water partition coefficient (Wildman–Crippen LogP) is 14.2. The van der Waals surface area contributed by atoms with E-state index in [0.29, 0.717) is 13.0 Å². The maximum absolute atomic E-state index is 12.9. The van der Waals surface area contributed by atoms with Crippen LogP contribution in [0.2, 0.25) is 0 Å². The minimum Gasteiger partial charge on any atom is -0.457 e. The number of aliphatic hydroxyl groups is 4. The summed E-state index contributed by atoms with van der Waals surface area (Å²) in [6.45, 7) is 4.64. The number of carbonyl (C=O) groups is 1. The zero-order valence-corrected chi connectivity index (χ0v) is 42.3. The number of ether oxygens (including phenoxy) is 4. The quantitative estimate of drug-likeness (QED) is 0.0347. The van der Waals surface area contributed by atoms with E-state index in [1.807, 2.05) is 0 Å². The van der Waals surface area contributed by atoms with Gasteiger partial charge < -0.3 is 39.4 Å². The summed E-state index contributed by atoms with van der Waals surface area (Å²) in [6, 6.07) is 0. The first-order valence-electron chi connectivity index (χ1n) is 28.1. The van der Waals surface area contributed by atoms with Crippen LogP contribution < -0.4 is 0 Å². The first-order chi connectivity index (χ1) is 31.4. The second kappa shape index (κ2) is 47.3. The third kappa shape index (κ3) is 37.2. The lowest BCUT2D eigenvalue weighted by Gasteiger charge is -2.39. The van der Waals surface area contributed by atoms with Gasteiger partial charge in [0.25, 0.3) is 0 Å². The SMILES string of the molecule is CCCCCCCCCCCCCCCCCCCCCCCCCC(=O)OC(COCCCCCCCCCCCCCCCCCCCC)COC1OC(CO)C(O)C(O)C1O. The van der Waals surface area contributed by atoms with Gasteiger partial charge in [-0.05, 0) is 12.8 Å². The molecule has 6 unspecified atom stereocenters. The van der Waals surface area contributed by atoms with E-state index in [1.54, 1.807) is 0 Å². The van der Waals surface area contributed by atoms with E-state index in [9.17, 15) is 25.2 Å². The standard InChI is InChI=1S/C55H108O9/c1-3-5-7-9-11-13-15-17-19-21-23-24-25-26-27-28-30-32-34-36-38-40-42-44-51(57)63-49(48-62-55-54(60)53(59)52(58)50(46-56)64-55)47-61-45-43-41-39-37-35-33-31-29-22-20-18-16-14-12-10-8-6-4-2/h49-50,52-56,58-60H,3-48H2,1-2H3. The van der Waals surface area contributed by atoms with E-state index >= 15 is 0 Å². The van der Waals surface area contributed by atoms with Gasteiger partial charge in [-0.15, -0.1) is 0 Å². The molecule has 0 spiro atoms. The van der Waals surface area contributed by atoms with Gasteiger partial charge in [-0.25, -0.2) is 0 Å². The second-order valence-electron chi connectivity index (χ2n) is 19.8. The summed E-state index contributed by atoms with van der Waals surface area (Å²) < 4.78 is 23.0. The molecule has 9 nitrogen and oxygen atoms in total. The number of esters is 1. The second-order valence-corrected chi connectivity index (χ2v) is 19.8. The fourth-order valence-corrected chi connectivity index (χ4v) is 9.14. The van der Waals surface area contributed by atoms with Crippen LogP contribution in [0.1, 0.15) is 284 Å². The molecule has 382 valence electrons. The summed E-state index contributed by atoms with van der Waals surface area (Å²) in [6.07, 6.45) is 47.2. The van der Waals surface area contributed by atoms with Crippen molar-refractivity contribution in [2.75, 3.05) is 26.4 Å². The molecule has 6 atom stereocenters. The normalized spacial score (nSPS) is 19.4. The van der Waals surface area contributed by atoms with Crippen LogP contribution in [0.3, 0.4) is 0 Å². The summed E-state index contributed by atoms with van der Waals surface area (Å²) in [5.74, 6) is -0.303. The molecule has 0 aromatic heterocycles. The molecule has 1 saturated heterocycles. The van der Waals surface area contributed by atoms with Crippen molar-refractivity contribution in [1.29, 1.82) is 0 Å². The highest BCUT2D eigenvalue weighted by molar-refractivity contribution is 5.69. The van der Waals surface area contributed by atoms with Crippen LogP contribution >= 0.6 is 0 Å². The largest absolute Gasteiger partial charge is 0.457 e. The zero-order chi connectivity index (χ0) is 46.4. The van der Waals surface area contributed by atoms with Crippen LogP contribution in [0.5, 0.6) is 0 Å². The van der Waals surface area contributed by atoms with Crippen molar-refractivity contribution < 1.29 is 44.2 Å². The molecule has 1 heterocycles. The highest BCUT2D eigenvalue weighted by Gasteiger charge is 2.44. The molecule has 0 aromatic rings. The van der Waals surface area contributed by atoms with Crippen molar-refractivity contribution in [1.82, 2.24) is 0 Å². The highest BCUT2D eigenvalue weighted by atomic mass is 16.7. The average Bonchev–Trinajstić information content (AvgIpc) is 3.30. The number of carbonyl (C=O) groups excluding carboxylic acids is 1. The molecule has 0 bridgehead atoms. The first-order valence-corrected chi connectivity index (χ1v) is 28.1. The summed E-state index contributed by atoms with van der Waals surface area (Å²) in [7, 11) is 0. The first kappa shape index (κ1) is 61.2. The van der Waals surface area contributed by atoms with Gasteiger partial charge >= 0.3 is 5.97 Å². The van der Waals surface area contributed by atoms with Crippen LogP contribution in [0.15, 0.2) is 0 Å². The van der Waals surface area contributed by atoms with Crippen LogP contribution in [-0.4, -0.2) is 89.6 Å². The molecule has 0 radical (unpaired) electrons. The third-order valence-electron chi connectivity index (χ3n) is 13.5. The molecule has 1 fully saturated rings. The Bertz CT molecular complexity index is 950. The molecule has 0 amide bonds. The smallest absolute Gasteiger partial charge is 0.306 e. The number of aliphatic hydroxyl groups excluding tert-OH is 4. The number of hydrogen-bond acceptors (Lipinski definition) is 9. The molecule has 1 aliphatic rings. The summed E-state index contributed by atoms with van der Waals surface area (Å²) in [5, 5.41) is 40.3. The Hall–Kier alpha value is -0.810. The Morgan fingerprint density at radius 1 is 0.438 bits per heavy atom. The molecule has 0 saturated carbocycles. The Kier molecular flexibility index (Phi) is 45.2. The maximum atomic E-state index is 12.9. The highest BCUT2D eigenvalue weighted by Crippen LogP contribution is 2.23. The molecular weight excluding hydrogens is 805 g/mol. The van der Waals surface area contributed by atoms with Crippen molar-refractivity contribution in [3.05, 3.63) is 0 Å². The maximum Gasteiger partial charge on any atom is 0.306 e. The molecule has 4 N–H and O–H groups in total. The molecule has 1 aliphatic heterocycles. The van der Waals surface area contributed by atoms with Gasteiger partial charge in [0.05, 0.1) is 19.8 Å². The summed E-state index contributed by atoms with van der Waals surface area (Å²) in [5.41, 5.74) is 0. The van der Waals surface area contributed by atoms with Crippen molar-refractivity contribution in [2.45, 2.75) is 320 Å².